The number of aliphatic carboxylic acids is 1. The minimum absolute atomic E-state index is 0.226. The maximum Gasteiger partial charge on any atom is 0.307 e. The molecule has 6 nitrogen and oxygen atoms in total. The molecule has 1 amide bonds. The van der Waals surface area contributed by atoms with Crippen LogP contribution >= 0.6 is 0 Å². The van der Waals surface area contributed by atoms with Crippen molar-refractivity contribution < 1.29 is 14.7 Å². The Morgan fingerprint density at radius 3 is 2.13 bits per heavy atom. The Hall–Kier alpha value is -3.28. The molecule has 1 aliphatic carbocycles. The second-order valence-corrected chi connectivity index (χ2v) is 8.29. The van der Waals surface area contributed by atoms with E-state index in [1.165, 1.54) is 11.3 Å². The molecule has 0 spiro atoms. The van der Waals surface area contributed by atoms with E-state index >= 15 is 0 Å². The van der Waals surface area contributed by atoms with E-state index in [-0.39, 0.29) is 5.91 Å². The van der Waals surface area contributed by atoms with Crippen molar-refractivity contribution in [3.8, 4) is 0 Å². The Balaban J connectivity index is 1.34. The molecule has 1 heterocycles. The Kier molecular flexibility index (Phi) is 6.26. The van der Waals surface area contributed by atoms with Crippen LogP contribution in [-0.2, 0) is 9.59 Å². The topological polar surface area (TPSA) is 72.9 Å². The summed E-state index contributed by atoms with van der Waals surface area (Å²) in [6, 6.07) is 16.3. The predicted octanol–water partition coefficient (Wildman–Crippen LogP) is 3.93. The number of hydrogen-bond acceptors (Lipinski definition) is 4. The van der Waals surface area contributed by atoms with Crippen molar-refractivity contribution in [2.45, 2.75) is 19.8 Å². The summed E-state index contributed by atoms with van der Waals surface area (Å²) in [6.07, 6.45) is 4.60. The molecule has 0 saturated carbocycles. The number of carbonyl (C=O) groups excluding carboxylic acids is 1. The van der Waals surface area contributed by atoms with Crippen LogP contribution in [0.2, 0.25) is 0 Å². The molecule has 31 heavy (non-hydrogen) atoms. The number of carboxylic acid groups (broad SMARTS) is 1. The van der Waals surface area contributed by atoms with E-state index < -0.39 is 17.8 Å². The van der Waals surface area contributed by atoms with Crippen LogP contribution in [0, 0.1) is 18.8 Å². The quantitative estimate of drug-likeness (QED) is 0.719. The van der Waals surface area contributed by atoms with E-state index in [9.17, 15) is 14.7 Å². The number of anilines is 3. The van der Waals surface area contributed by atoms with Gasteiger partial charge in [-0.1, -0.05) is 30.4 Å². The molecule has 2 aromatic carbocycles. The number of nitrogens with one attached hydrogen (secondary N) is 1. The molecule has 2 aromatic rings. The highest BCUT2D eigenvalue weighted by molar-refractivity contribution is 5.95. The highest BCUT2D eigenvalue weighted by Crippen LogP contribution is 2.28. The zero-order valence-electron chi connectivity index (χ0n) is 17.8. The summed E-state index contributed by atoms with van der Waals surface area (Å²) >= 11 is 0. The number of rotatable bonds is 5. The summed E-state index contributed by atoms with van der Waals surface area (Å²) < 4.78 is 0. The maximum atomic E-state index is 12.6. The second-order valence-electron chi connectivity index (χ2n) is 8.29. The van der Waals surface area contributed by atoms with Crippen molar-refractivity contribution >= 4 is 28.9 Å². The minimum Gasteiger partial charge on any atom is -0.481 e. The number of para-hydroxylation sites is 1. The molecule has 2 N–H and O–H groups in total. The number of hydrogen-bond donors (Lipinski definition) is 2. The van der Waals surface area contributed by atoms with Gasteiger partial charge in [-0.05, 0) is 55.7 Å². The molecule has 1 aliphatic heterocycles. The Morgan fingerprint density at radius 1 is 0.871 bits per heavy atom. The lowest BCUT2D eigenvalue weighted by atomic mass is 9.82. The number of benzene rings is 2. The molecule has 0 radical (unpaired) electrons. The number of aryl methyl sites for hydroxylation is 1. The zero-order chi connectivity index (χ0) is 21.8. The molecule has 0 unspecified atom stereocenters. The monoisotopic (exact) mass is 419 g/mol. The summed E-state index contributed by atoms with van der Waals surface area (Å²) in [5.41, 5.74) is 4.43. The van der Waals surface area contributed by atoms with Gasteiger partial charge >= 0.3 is 5.97 Å². The number of carbonyl (C=O) groups is 2. The van der Waals surface area contributed by atoms with E-state index in [1.54, 1.807) is 0 Å². The third-order valence-corrected chi connectivity index (χ3v) is 6.32. The molecule has 4 rings (SSSR count). The number of amides is 1. The normalized spacial score (nSPS) is 21.1. The molecule has 2 atom stereocenters. The van der Waals surface area contributed by atoms with Gasteiger partial charge in [0.1, 0.15) is 0 Å². The van der Waals surface area contributed by atoms with Crippen LogP contribution in [0.15, 0.2) is 60.7 Å². The molecule has 6 heteroatoms. The molecule has 2 aliphatic rings. The first-order valence-corrected chi connectivity index (χ1v) is 10.9. The average molecular weight is 420 g/mol. The highest BCUT2D eigenvalue weighted by atomic mass is 16.4. The average Bonchev–Trinajstić information content (AvgIpc) is 2.80. The van der Waals surface area contributed by atoms with Gasteiger partial charge in [-0.15, -0.1) is 0 Å². The summed E-state index contributed by atoms with van der Waals surface area (Å²) in [5.74, 6) is -2.33. The van der Waals surface area contributed by atoms with Gasteiger partial charge in [0.05, 0.1) is 11.8 Å². The number of allylic oxidation sites excluding steroid dienone is 2. The Labute approximate surface area is 183 Å². The van der Waals surface area contributed by atoms with Crippen LogP contribution in [0.1, 0.15) is 18.4 Å². The van der Waals surface area contributed by atoms with Crippen molar-refractivity contribution in [3.63, 3.8) is 0 Å². The van der Waals surface area contributed by atoms with Crippen molar-refractivity contribution in [2.24, 2.45) is 11.8 Å². The molecule has 0 bridgehead atoms. The third-order valence-electron chi connectivity index (χ3n) is 6.32. The first-order chi connectivity index (χ1) is 15.0. The third kappa shape index (κ3) is 4.74. The van der Waals surface area contributed by atoms with Gasteiger partial charge in [0.2, 0.25) is 5.91 Å². The van der Waals surface area contributed by atoms with Crippen LogP contribution in [0.4, 0.5) is 17.1 Å². The second kappa shape index (κ2) is 9.25. The molecule has 162 valence electrons. The van der Waals surface area contributed by atoms with Gasteiger partial charge in [0.15, 0.2) is 0 Å². The largest absolute Gasteiger partial charge is 0.481 e. The fraction of sp³-hybridized carbons (Fsp3) is 0.360. The van der Waals surface area contributed by atoms with Crippen LogP contribution in [0.3, 0.4) is 0 Å². The summed E-state index contributed by atoms with van der Waals surface area (Å²) in [5, 5.41) is 12.3. The van der Waals surface area contributed by atoms with Crippen LogP contribution < -0.4 is 15.1 Å². The lowest BCUT2D eigenvalue weighted by molar-refractivity contribution is -0.146. The fourth-order valence-electron chi connectivity index (χ4n) is 4.49. The first kappa shape index (κ1) is 21.0. The summed E-state index contributed by atoms with van der Waals surface area (Å²) in [6.45, 7) is 5.96. The molecular weight excluding hydrogens is 390 g/mol. The summed E-state index contributed by atoms with van der Waals surface area (Å²) in [4.78, 5) is 28.9. The van der Waals surface area contributed by atoms with E-state index in [0.29, 0.717) is 18.5 Å². The standard InChI is InChI=1S/C25H29N3O3/c1-18-6-2-5-9-23(18)28-16-14-27(15-17-28)20-12-10-19(11-13-20)26-24(29)21-7-3-4-8-22(21)25(30)31/h2-6,9-13,21-22H,7-8,14-17H2,1H3,(H,26,29)(H,30,31)/t21-,22-/m1/s1. The number of piperazine rings is 1. The van der Waals surface area contributed by atoms with Gasteiger partial charge < -0.3 is 20.2 Å². The SMILES string of the molecule is Cc1ccccc1N1CCN(c2ccc(NC(=O)[C@@H]3CC=CC[C@H]3C(=O)O)cc2)CC1. The lowest BCUT2D eigenvalue weighted by Crippen LogP contribution is -2.46. The lowest BCUT2D eigenvalue weighted by Gasteiger charge is -2.38. The molecule has 1 fully saturated rings. The van der Waals surface area contributed by atoms with E-state index in [2.05, 4.69) is 46.3 Å². The molecular formula is C25H29N3O3. The van der Waals surface area contributed by atoms with Crippen LogP contribution in [-0.4, -0.2) is 43.2 Å². The Bertz CT molecular complexity index is 962. The van der Waals surface area contributed by atoms with Crippen molar-refractivity contribution in [3.05, 3.63) is 66.2 Å². The predicted molar refractivity (Wildman–Crippen MR) is 124 cm³/mol. The van der Waals surface area contributed by atoms with Gasteiger partial charge in [-0.2, -0.15) is 0 Å². The van der Waals surface area contributed by atoms with Crippen molar-refractivity contribution in [1.82, 2.24) is 0 Å². The van der Waals surface area contributed by atoms with E-state index in [0.717, 1.165) is 31.9 Å². The Morgan fingerprint density at radius 2 is 1.48 bits per heavy atom. The van der Waals surface area contributed by atoms with Gasteiger partial charge in [0, 0.05) is 43.2 Å². The molecule has 1 saturated heterocycles. The van der Waals surface area contributed by atoms with Crippen molar-refractivity contribution in [1.29, 1.82) is 0 Å². The summed E-state index contributed by atoms with van der Waals surface area (Å²) in [7, 11) is 0. The van der Waals surface area contributed by atoms with Gasteiger partial charge in [0.25, 0.3) is 0 Å². The van der Waals surface area contributed by atoms with E-state index in [1.807, 2.05) is 36.4 Å². The minimum atomic E-state index is -0.912. The molecule has 0 aromatic heterocycles. The van der Waals surface area contributed by atoms with Gasteiger partial charge in [-0.25, -0.2) is 0 Å². The maximum absolute atomic E-state index is 12.6. The van der Waals surface area contributed by atoms with Gasteiger partial charge in [-0.3, -0.25) is 9.59 Å². The fourth-order valence-corrected chi connectivity index (χ4v) is 4.49. The highest BCUT2D eigenvalue weighted by Gasteiger charge is 2.34. The van der Waals surface area contributed by atoms with Crippen molar-refractivity contribution in [2.75, 3.05) is 41.3 Å². The van der Waals surface area contributed by atoms with Crippen LogP contribution in [0.25, 0.3) is 0 Å². The first-order valence-electron chi connectivity index (χ1n) is 10.9. The number of nitrogens with zero attached hydrogens (tertiary/aromatic N) is 2. The zero-order valence-corrected chi connectivity index (χ0v) is 17.8. The smallest absolute Gasteiger partial charge is 0.307 e. The van der Waals surface area contributed by atoms with E-state index in [4.69, 9.17) is 0 Å². The van der Waals surface area contributed by atoms with Crippen LogP contribution in [0.5, 0.6) is 0 Å². The number of carboxylic acids is 1.